The average molecular weight is 132 g/mol. The summed E-state index contributed by atoms with van der Waals surface area (Å²) < 4.78 is 0. The Morgan fingerprint density at radius 3 is 2.44 bits per heavy atom. The standard InChI is InChI=1S/C6H12O3/c1-3-5(7)6(4-2)9-8/h4-8H,2-3H2,1H3/t5-,6-/m1/s1. The van der Waals surface area contributed by atoms with Gasteiger partial charge in [0.05, 0.1) is 6.10 Å². The molecule has 0 unspecified atom stereocenters. The van der Waals surface area contributed by atoms with Gasteiger partial charge in [0.1, 0.15) is 6.10 Å². The summed E-state index contributed by atoms with van der Waals surface area (Å²) in [5.41, 5.74) is 0. The molecule has 0 fully saturated rings. The lowest BCUT2D eigenvalue weighted by Crippen LogP contribution is -2.24. The van der Waals surface area contributed by atoms with E-state index in [1.165, 1.54) is 6.08 Å². The van der Waals surface area contributed by atoms with Crippen molar-refractivity contribution in [3.63, 3.8) is 0 Å². The molecular formula is C6H12O3. The summed E-state index contributed by atoms with van der Waals surface area (Å²) >= 11 is 0. The molecule has 0 saturated heterocycles. The van der Waals surface area contributed by atoms with E-state index in [0.717, 1.165) is 0 Å². The fraction of sp³-hybridized carbons (Fsp3) is 0.667. The summed E-state index contributed by atoms with van der Waals surface area (Å²) in [5.74, 6) is 0. The first kappa shape index (κ1) is 8.62. The van der Waals surface area contributed by atoms with Crippen LogP contribution >= 0.6 is 0 Å². The smallest absolute Gasteiger partial charge is 0.136 e. The van der Waals surface area contributed by atoms with Crippen LogP contribution < -0.4 is 0 Å². The topological polar surface area (TPSA) is 49.7 Å². The van der Waals surface area contributed by atoms with Crippen molar-refractivity contribution in [2.45, 2.75) is 25.6 Å². The molecular weight excluding hydrogens is 120 g/mol. The van der Waals surface area contributed by atoms with Crippen LogP contribution in [0.3, 0.4) is 0 Å². The third kappa shape index (κ3) is 2.60. The van der Waals surface area contributed by atoms with Crippen molar-refractivity contribution in [1.29, 1.82) is 0 Å². The molecule has 0 aliphatic carbocycles. The van der Waals surface area contributed by atoms with Crippen molar-refractivity contribution in [3.8, 4) is 0 Å². The van der Waals surface area contributed by atoms with Gasteiger partial charge in [-0.2, -0.15) is 0 Å². The Labute approximate surface area is 54.5 Å². The van der Waals surface area contributed by atoms with Gasteiger partial charge in [-0.25, -0.2) is 4.89 Å². The molecule has 0 aromatic heterocycles. The fourth-order valence-corrected chi connectivity index (χ4v) is 0.503. The molecule has 0 heterocycles. The number of hydrogen-bond donors (Lipinski definition) is 2. The van der Waals surface area contributed by atoms with Crippen LogP contribution in [0, 0.1) is 0 Å². The van der Waals surface area contributed by atoms with E-state index in [9.17, 15) is 0 Å². The lowest BCUT2D eigenvalue weighted by molar-refractivity contribution is -0.283. The first-order valence-electron chi connectivity index (χ1n) is 2.87. The second-order valence-electron chi connectivity index (χ2n) is 1.78. The fourth-order valence-electron chi connectivity index (χ4n) is 0.503. The number of hydrogen-bond acceptors (Lipinski definition) is 3. The molecule has 3 heteroatoms. The van der Waals surface area contributed by atoms with Crippen LogP contribution in [0.1, 0.15) is 13.3 Å². The Morgan fingerprint density at radius 2 is 2.33 bits per heavy atom. The van der Waals surface area contributed by atoms with E-state index in [0.29, 0.717) is 6.42 Å². The minimum absolute atomic E-state index is 0.539. The van der Waals surface area contributed by atoms with Gasteiger partial charge in [0.25, 0.3) is 0 Å². The largest absolute Gasteiger partial charge is 0.390 e. The maximum atomic E-state index is 8.96. The van der Waals surface area contributed by atoms with Gasteiger partial charge in [-0.3, -0.25) is 5.26 Å². The average Bonchev–Trinajstić information content (AvgIpc) is 1.90. The Morgan fingerprint density at radius 1 is 1.78 bits per heavy atom. The van der Waals surface area contributed by atoms with Crippen LogP contribution in [0.25, 0.3) is 0 Å². The van der Waals surface area contributed by atoms with Crippen molar-refractivity contribution in [1.82, 2.24) is 0 Å². The molecule has 2 atom stereocenters. The molecule has 0 saturated carbocycles. The molecule has 0 amide bonds. The highest BCUT2D eigenvalue weighted by atomic mass is 17.1. The third-order valence-corrected chi connectivity index (χ3v) is 1.15. The van der Waals surface area contributed by atoms with E-state index >= 15 is 0 Å². The predicted octanol–water partition coefficient (Wildman–Crippen LogP) is 0.801. The lowest BCUT2D eigenvalue weighted by atomic mass is 10.1. The zero-order valence-electron chi connectivity index (χ0n) is 5.45. The molecule has 0 aromatic rings. The van der Waals surface area contributed by atoms with Gasteiger partial charge in [0, 0.05) is 0 Å². The van der Waals surface area contributed by atoms with Gasteiger partial charge >= 0.3 is 0 Å². The summed E-state index contributed by atoms with van der Waals surface area (Å²) in [7, 11) is 0. The number of aliphatic hydroxyl groups is 1. The zero-order valence-corrected chi connectivity index (χ0v) is 5.45. The summed E-state index contributed by atoms with van der Waals surface area (Å²) in [5, 5.41) is 17.1. The molecule has 9 heavy (non-hydrogen) atoms. The van der Waals surface area contributed by atoms with Crippen LogP contribution in [-0.2, 0) is 4.89 Å². The van der Waals surface area contributed by atoms with Crippen molar-refractivity contribution in [3.05, 3.63) is 12.7 Å². The minimum Gasteiger partial charge on any atom is -0.390 e. The summed E-state index contributed by atoms with van der Waals surface area (Å²) in [6.07, 6.45) is 0.577. The lowest BCUT2D eigenvalue weighted by Gasteiger charge is -2.13. The van der Waals surface area contributed by atoms with Gasteiger partial charge in [-0.05, 0) is 6.42 Å². The Bertz CT molecular complexity index is 82.4. The molecule has 0 spiro atoms. The van der Waals surface area contributed by atoms with E-state index in [4.69, 9.17) is 10.4 Å². The maximum Gasteiger partial charge on any atom is 0.136 e. The molecule has 0 radical (unpaired) electrons. The first-order valence-corrected chi connectivity index (χ1v) is 2.87. The maximum absolute atomic E-state index is 8.96. The van der Waals surface area contributed by atoms with Gasteiger partial charge in [0.15, 0.2) is 0 Å². The Balaban J connectivity index is 3.63. The van der Waals surface area contributed by atoms with Crippen molar-refractivity contribution in [2.24, 2.45) is 0 Å². The van der Waals surface area contributed by atoms with Crippen LogP contribution in [0.4, 0.5) is 0 Å². The van der Waals surface area contributed by atoms with Gasteiger partial charge in [-0.1, -0.05) is 13.0 Å². The van der Waals surface area contributed by atoms with E-state index in [1.807, 2.05) is 0 Å². The third-order valence-electron chi connectivity index (χ3n) is 1.15. The zero-order chi connectivity index (χ0) is 7.28. The molecule has 0 aliphatic rings. The minimum atomic E-state index is -0.660. The molecule has 0 aromatic carbocycles. The van der Waals surface area contributed by atoms with E-state index in [-0.39, 0.29) is 0 Å². The van der Waals surface area contributed by atoms with Gasteiger partial charge in [0.2, 0.25) is 0 Å². The quantitative estimate of drug-likeness (QED) is 0.338. The van der Waals surface area contributed by atoms with Crippen LogP contribution in [0.15, 0.2) is 12.7 Å². The Kier molecular flexibility index (Phi) is 4.30. The number of aliphatic hydroxyl groups excluding tert-OH is 1. The monoisotopic (exact) mass is 132 g/mol. The normalized spacial score (nSPS) is 16.8. The second-order valence-corrected chi connectivity index (χ2v) is 1.78. The molecule has 0 rings (SSSR count). The van der Waals surface area contributed by atoms with Gasteiger partial charge in [-0.15, -0.1) is 6.58 Å². The van der Waals surface area contributed by atoms with Crippen LogP contribution in [-0.4, -0.2) is 22.6 Å². The van der Waals surface area contributed by atoms with E-state index in [2.05, 4.69) is 11.5 Å². The van der Waals surface area contributed by atoms with E-state index < -0.39 is 12.2 Å². The molecule has 3 nitrogen and oxygen atoms in total. The molecule has 0 bridgehead atoms. The SMILES string of the molecule is C=C[C@@H](OO)[C@H](O)CC. The van der Waals surface area contributed by atoms with Crippen LogP contribution in [0.5, 0.6) is 0 Å². The molecule has 2 N–H and O–H groups in total. The van der Waals surface area contributed by atoms with Gasteiger partial charge < -0.3 is 5.11 Å². The van der Waals surface area contributed by atoms with Crippen molar-refractivity contribution < 1.29 is 15.3 Å². The summed E-state index contributed by atoms with van der Waals surface area (Å²) in [4.78, 5) is 3.88. The highest BCUT2D eigenvalue weighted by Gasteiger charge is 2.13. The van der Waals surface area contributed by atoms with Crippen molar-refractivity contribution in [2.75, 3.05) is 0 Å². The summed E-state index contributed by atoms with van der Waals surface area (Å²) in [6, 6.07) is 0. The van der Waals surface area contributed by atoms with Crippen LogP contribution in [0.2, 0.25) is 0 Å². The predicted molar refractivity (Wildman–Crippen MR) is 34.0 cm³/mol. The molecule has 54 valence electrons. The highest BCUT2D eigenvalue weighted by Crippen LogP contribution is 2.01. The first-order chi connectivity index (χ1) is 4.26. The highest BCUT2D eigenvalue weighted by molar-refractivity contribution is 4.84. The Hall–Kier alpha value is -0.380. The molecule has 0 aliphatic heterocycles. The van der Waals surface area contributed by atoms with E-state index in [1.54, 1.807) is 6.92 Å². The number of rotatable bonds is 4. The van der Waals surface area contributed by atoms with Crippen molar-refractivity contribution >= 4 is 0 Å². The summed E-state index contributed by atoms with van der Waals surface area (Å²) in [6.45, 7) is 5.15. The second kappa shape index (κ2) is 4.49.